The highest BCUT2D eigenvalue weighted by Gasteiger charge is 2.09. The van der Waals surface area contributed by atoms with E-state index in [9.17, 15) is 0 Å². The highest BCUT2D eigenvalue weighted by atomic mass is 35.5. The molecule has 0 atom stereocenters. The molecule has 5 heteroatoms. The van der Waals surface area contributed by atoms with Gasteiger partial charge < -0.3 is 9.84 Å². The van der Waals surface area contributed by atoms with Gasteiger partial charge in [-0.15, -0.1) is 0 Å². The van der Waals surface area contributed by atoms with Crippen LogP contribution in [0.25, 0.3) is 10.9 Å². The summed E-state index contributed by atoms with van der Waals surface area (Å²) in [5.74, 6) is 0.885. The molecule has 100 valence electrons. The van der Waals surface area contributed by atoms with Crippen molar-refractivity contribution < 1.29 is 9.84 Å². The number of halogens is 1. The fourth-order valence-corrected chi connectivity index (χ4v) is 2.12. The van der Waals surface area contributed by atoms with Crippen LogP contribution < -0.4 is 4.74 Å². The molecule has 0 radical (unpaired) electrons. The molecule has 0 saturated heterocycles. The first kappa shape index (κ1) is 12.8. The minimum absolute atomic E-state index is 0.108. The third-order valence-corrected chi connectivity index (χ3v) is 3.12. The number of hydrogen-bond donors (Lipinski definition) is 1. The van der Waals surface area contributed by atoms with Crippen LogP contribution >= 0.6 is 11.6 Å². The fourth-order valence-electron chi connectivity index (χ4n) is 1.89. The molecule has 0 aliphatic heterocycles. The lowest BCUT2D eigenvalue weighted by molar-refractivity contribution is 0.281. The van der Waals surface area contributed by atoms with Gasteiger partial charge in [-0.05, 0) is 23.8 Å². The van der Waals surface area contributed by atoms with Crippen molar-refractivity contribution in [2.24, 2.45) is 0 Å². The van der Waals surface area contributed by atoms with Crippen LogP contribution in [0.4, 0.5) is 0 Å². The number of ether oxygens (including phenoxy) is 1. The van der Waals surface area contributed by atoms with Crippen molar-refractivity contribution in [1.82, 2.24) is 9.97 Å². The molecule has 0 amide bonds. The molecule has 1 N–H and O–H groups in total. The molecular weight excluding hydrogens is 276 g/mol. The zero-order valence-electron chi connectivity index (χ0n) is 10.5. The predicted octanol–water partition coefficient (Wildman–Crippen LogP) is 3.57. The Bertz CT molecular complexity index is 756. The second kappa shape index (κ2) is 5.45. The number of nitrogens with zero attached hydrogens (tertiary/aromatic N) is 2. The number of aliphatic hydroxyl groups is 1. The van der Waals surface area contributed by atoms with E-state index in [1.807, 2.05) is 30.3 Å². The van der Waals surface area contributed by atoms with Gasteiger partial charge in [0.05, 0.1) is 6.61 Å². The zero-order valence-corrected chi connectivity index (χ0v) is 11.2. The molecule has 2 heterocycles. The summed E-state index contributed by atoms with van der Waals surface area (Å²) in [6.07, 6.45) is 3.23. The van der Waals surface area contributed by atoms with Gasteiger partial charge >= 0.3 is 0 Å². The maximum atomic E-state index is 9.03. The van der Waals surface area contributed by atoms with Crippen LogP contribution in [0, 0.1) is 0 Å². The van der Waals surface area contributed by atoms with Crippen molar-refractivity contribution in [3.8, 4) is 11.6 Å². The monoisotopic (exact) mass is 286 g/mol. The Balaban J connectivity index is 2.01. The van der Waals surface area contributed by atoms with Crippen molar-refractivity contribution in [3.63, 3.8) is 0 Å². The third-order valence-electron chi connectivity index (χ3n) is 2.85. The highest BCUT2D eigenvalue weighted by molar-refractivity contribution is 6.31. The van der Waals surface area contributed by atoms with Gasteiger partial charge in [-0.1, -0.05) is 29.8 Å². The lowest BCUT2D eigenvalue weighted by Crippen LogP contribution is -1.93. The first-order valence-corrected chi connectivity index (χ1v) is 6.42. The van der Waals surface area contributed by atoms with Crippen molar-refractivity contribution in [2.75, 3.05) is 0 Å². The summed E-state index contributed by atoms with van der Waals surface area (Å²) in [6.45, 7) is -0.108. The Morgan fingerprint density at radius 3 is 2.80 bits per heavy atom. The molecule has 0 unspecified atom stereocenters. The molecule has 1 aromatic carbocycles. The third kappa shape index (κ3) is 2.43. The molecule has 20 heavy (non-hydrogen) atoms. The molecular formula is C15H11ClN2O2. The highest BCUT2D eigenvalue weighted by Crippen LogP contribution is 2.31. The number of fused-ring (bicyclic) bond motifs is 1. The maximum Gasteiger partial charge on any atom is 0.238 e. The zero-order chi connectivity index (χ0) is 13.9. The van der Waals surface area contributed by atoms with E-state index in [-0.39, 0.29) is 6.61 Å². The molecule has 0 saturated carbocycles. The van der Waals surface area contributed by atoms with Gasteiger partial charge in [0.25, 0.3) is 0 Å². The summed E-state index contributed by atoms with van der Waals surface area (Å²) in [5, 5.41) is 10.4. The molecule has 3 rings (SSSR count). The summed E-state index contributed by atoms with van der Waals surface area (Å²) < 4.78 is 5.73. The number of benzene rings is 1. The van der Waals surface area contributed by atoms with Crippen molar-refractivity contribution in [1.29, 1.82) is 0 Å². The van der Waals surface area contributed by atoms with Crippen LogP contribution in [0.2, 0.25) is 5.02 Å². The fraction of sp³-hybridized carbons (Fsp3) is 0.0667. The van der Waals surface area contributed by atoms with Crippen LogP contribution in [0.5, 0.6) is 11.6 Å². The summed E-state index contributed by atoms with van der Waals surface area (Å²) in [6, 6.07) is 11.1. The van der Waals surface area contributed by atoms with Gasteiger partial charge in [0, 0.05) is 17.8 Å². The Morgan fingerprint density at radius 2 is 2.00 bits per heavy atom. The van der Waals surface area contributed by atoms with Gasteiger partial charge in [0.1, 0.15) is 10.5 Å². The standard InChI is InChI=1S/C15H11ClN2O2/c16-12-7-10(9-19)8-18-15(12)20-13-5-1-3-11-4-2-6-17-14(11)13/h1-8,19H,9H2. The van der Waals surface area contributed by atoms with Crippen molar-refractivity contribution >= 4 is 22.5 Å². The minimum Gasteiger partial charge on any atom is -0.435 e. The number of rotatable bonds is 3. The van der Waals surface area contributed by atoms with Gasteiger partial charge in [0.15, 0.2) is 5.75 Å². The minimum atomic E-state index is -0.108. The number of hydrogen-bond acceptors (Lipinski definition) is 4. The van der Waals surface area contributed by atoms with E-state index in [2.05, 4.69) is 9.97 Å². The van der Waals surface area contributed by atoms with Gasteiger partial charge in [-0.25, -0.2) is 4.98 Å². The van der Waals surface area contributed by atoms with Gasteiger partial charge in [-0.3, -0.25) is 4.98 Å². The quantitative estimate of drug-likeness (QED) is 0.800. The van der Waals surface area contributed by atoms with Crippen LogP contribution in [0.3, 0.4) is 0 Å². The number of para-hydroxylation sites is 1. The Hall–Kier alpha value is -2.17. The molecule has 0 fully saturated rings. The van der Waals surface area contributed by atoms with Gasteiger partial charge in [0.2, 0.25) is 5.88 Å². The number of pyridine rings is 2. The van der Waals surface area contributed by atoms with Crippen LogP contribution in [0.15, 0.2) is 48.8 Å². The average molecular weight is 287 g/mol. The first-order chi connectivity index (χ1) is 9.78. The van der Waals surface area contributed by atoms with E-state index < -0.39 is 0 Å². The number of aliphatic hydroxyl groups excluding tert-OH is 1. The van der Waals surface area contributed by atoms with Crippen molar-refractivity contribution in [2.45, 2.75) is 6.61 Å². The Labute approximate surface area is 120 Å². The molecule has 0 aliphatic rings. The maximum absolute atomic E-state index is 9.03. The summed E-state index contributed by atoms with van der Waals surface area (Å²) in [4.78, 5) is 8.41. The Kier molecular flexibility index (Phi) is 3.50. The van der Waals surface area contributed by atoms with Gasteiger partial charge in [-0.2, -0.15) is 0 Å². The lowest BCUT2D eigenvalue weighted by atomic mass is 10.2. The number of aromatic nitrogens is 2. The topological polar surface area (TPSA) is 55.2 Å². The van der Waals surface area contributed by atoms with Crippen LogP contribution in [0.1, 0.15) is 5.56 Å². The predicted molar refractivity (Wildman–Crippen MR) is 77.0 cm³/mol. The molecule has 2 aromatic heterocycles. The van der Waals surface area contributed by atoms with Crippen LogP contribution in [-0.4, -0.2) is 15.1 Å². The van der Waals surface area contributed by atoms with Crippen molar-refractivity contribution in [3.05, 3.63) is 59.4 Å². The SMILES string of the molecule is OCc1cnc(Oc2cccc3cccnc23)c(Cl)c1. The largest absolute Gasteiger partial charge is 0.435 e. The molecule has 4 nitrogen and oxygen atoms in total. The lowest BCUT2D eigenvalue weighted by Gasteiger charge is -2.09. The van der Waals surface area contributed by atoms with E-state index in [4.69, 9.17) is 21.4 Å². The smallest absolute Gasteiger partial charge is 0.238 e. The molecule has 0 spiro atoms. The summed E-state index contributed by atoms with van der Waals surface area (Å²) in [5.41, 5.74) is 1.39. The molecule has 3 aromatic rings. The van der Waals surface area contributed by atoms with E-state index in [0.717, 1.165) is 10.9 Å². The second-order valence-electron chi connectivity index (χ2n) is 4.22. The Morgan fingerprint density at radius 1 is 1.15 bits per heavy atom. The van der Waals surface area contributed by atoms with E-state index in [0.29, 0.717) is 22.2 Å². The second-order valence-corrected chi connectivity index (χ2v) is 4.63. The van der Waals surface area contributed by atoms with E-state index in [1.165, 1.54) is 6.20 Å². The van der Waals surface area contributed by atoms with E-state index in [1.54, 1.807) is 12.3 Å². The van der Waals surface area contributed by atoms with Crippen LogP contribution in [-0.2, 0) is 6.61 Å². The summed E-state index contributed by atoms with van der Waals surface area (Å²) in [7, 11) is 0. The molecule has 0 aliphatic carbocycles. The average Bonchev–Trinajstić information content (AvgIpc) is 2.49. The first-order valence-electron chi connectivity index (χ1n) is 6.05. The summed E-state index contributed by atoms with van der Waals surface area (Å²) >= 11 is 6.09. The van der Waals surface area contributed by atoms with E-state index >= 15 is 0 Å². The molecule has 0 bridgehead atoms. The normalized spacial score (nSPS) is 10.7.